The second-order valence-electron chi connectivity index (χ2n) is 3.99. The van der Waals surface area contributed by atoms with Gasteiger partial charge in [-0.1, -0.05) is 6.07 Å². The van der Waals surface area contributed by atoms with Gasteiger partial charge < -0.3 is 4.90 Å². The minimum Gasteiger partial charge on any atom is -0.335 e. The van der Waals surface area contributed by atoms with Crippen molar-refractivity contribution in [2.24, 2.45) is 5.92 Å². The summed E-state index contributed by atoms with van der Waals surface area (Å²) in [7, 11) is 0. The molecule has 0 saturated carbocycles. The monoisotopic (exact) mass is 241 g/mol. The summed E-state index contributed by atoms with van der Waals surface area (Å²) in [5, 5.41) is 2.06. The van der Waals surface area contributed by atoms with Crippen LogP contribution < -0.4 is 0 Å². The van der Waals surface area contributed by atoms with E-state index in [1.54, 1.807) is 11.3 Å². The standard InChI is InChI=1S/C11H15NOS2/c1-8(10-3-2-4-15-10)12-6-9(7-14)5-11(12)13/h2-4,8-9,14H,5-7H2,1H3. The van der Waals surface area contributed by atoms with Gasteiger partial charge in [-0.15, -0.1) is 11.3 Å². The number of carbonyl (C=O) groups excluding carboxylic acids is 1. The third-order valence-electron chi connectivity index (χ3n) is 2.92. The fraction of sp³-hybridized carbons (Fsp3) is 0.545. The molecule has 0 aliphatic carbocycles. The smallest absolute Gasteiger partial charge is 0.223 e. The molecular weight excluding hydrogens is 226 g/mol. The molecule has 2 nitrogen and oxygen atoms in total. The lowest BCUT2D eigenvalue weighted by Gasteiger charge is -2.23. The Hall–Kier alpha value is -0.480. The zero-order valence-electron chi connectivity index (χ0n) is 8.72. The van der Waals surface area contributed by atoms with E-state index < -0.39 is 0 Å². The van der Waals surface area contributed by atoms with Gasteiger partial charge in [0.2, 0.25) is 5.91 Å². The molecule has 82 valence electrons. The number of rotatable bonds is 3. The molecule has 2 heterocycles. The Labute approximate surface area is 99.7 Å². The van der Waals surface area contributed by atoms with E-state index in [2.05, 4.69) is 31.0 Å². The van der Waals surface area contributed by atoms with Crippen molar-refractivity contribution >= 4 is 29.9 Å². The Bertz CT molecular complexity index is 336. The van der Waals surface area contributed by atoms with Crippen LogP contribution in [0, 0.1) is 5.92 Å². The lowest BCUT2D eigenvalue weighted by atomic mass is 10.1. The molecule has 2 atom stereocenters. The van der Waals surface area contributed by atoms with E-state index in [0.717, 1.165) is 12.3 Å². The minimum atomic E-state index is 0.224. The first-order chi connectivity index (χ1) is 7.22. The van der Waals surface area contributed by atoms with Crippen LogP contribution in [0.1, 0.15) is 24.3 Å². The summed E-state index contributed by atoms with van der Waals surface area (Å²) in [6.45, 7) is 2.96. The predicted molar refractivity (Wildman–Crippen MR) is 66.4 cm³/mol. The number of hydrogen-bond acceptors (Lipinski definition) is 3. The quantitative estimate of drug-likeness (QED) is 0.807. The van der Waals surface area contributed by atoms with Crippen molar-refractivity contribution in [2.45, 2.75) is 19.4 Å². The summed E-state index contributed by atoms with van der Waals surface area (Å²) in [6.07, 6.45) is 0.666. The summed E-state index contributed by atoms with van der Waals surface area (Å²) >= 11 is 5.98. The molecule has 0 spiro atoms. The number of carbonyl (C=O) groups is 1. The van der Waals surface area contributed by atoms with Crippen molar-refractivity contribution in [2.75, 3.05) is 12.3 Å². The van der Waals surface area contributed by atoms with Gasteiger partial charge in [-0.25, -0.2) is 0 Å². The van der Waals surface area contributed by atoms with Gasteiger partial charge >= 0.3 is 0 Å². The second kappa shape index (κ2) is 4.58. The Balaban J connectivity index is 2.08. The first kappa shape index (κ1) is 11.0. The number of amides is 1. The SMILES string of the molecule is CC(c1cccs1)N1CC(CS)CC1=O. The molecule has 2 unspecified atom stereocenters. The van der Waals surface area contributed by atoms with E-state index >= 15 is 0 Å². The van der Waals surface area contributed by atoms with E-state index in [1.807, 2.05) is 11.0 Å². The van der Waals surface area contributed by atoms with Crippen molar-refractivity contribution in [3.05, 3.63) is 22.4 Å². The maximum atomic E-state index is 11.8. The largest absolute Gasteiger partial charge is 0.335 e. The number of nitrogens with zero attached hydrogens (tertiary/aromatic N) is 1. The van der Waals surface area contributed by atoms with Crippen LogP contribution in [0.25, 0.3) is 0 Å². The number of likely N-dealkylation sites (tertiary alicyclic amines) is 1. The molecule has 0 N–H and O–H groups in total. The third kappa shape index (κ3) is 2.21. The van der Waals surface area contributed by atoms with Crippen molar-refractivity contribution in [1.29, 1.82) is 0 Å². The molecular formula is C11H15NOS2. The molecule has 1 fully saturated rings. The Morgan fingerprint density at radius 3 is 3.07 bits per heavy atom. The van der Waals surface area contributed by atoms with Crippen molar-refractivity contribution in [3.63, 3.8) is 0 Å². The fourth-order valence-corrected chi connectivity index (χ4v) is 3.03. The highest BCUT2D eigenvalue weighted by Crippen LogP contribution is 2.30. The Morgan fingerprint density at radius 1 is 1.73 bits per heavy atom. The molecule has 0 bridgehead atoms. The molecule has 0 radical (unpaired) electrons. The van der Waals surface area contributed by atoms with Crippen LogP contribution in [-0.2, 0) is 4.79 Å². The maximum absolute atomic E-state index is 11.8. The summed E-state index contributed by atoms with van der Waals surface area (Å²) in [5.74, 6) is 1.51. The minimum absolute atomic E-state index is 0.224. The van der Waals surface area contributed by atoms with Gasteiger partial charge in [0.05, 0.1) is 6.04 Å². The lowest BCUT2D eigenvalue weighted by Crippen LogP contribution is -2.28. The van der Waals surface area contributed by atoms with Crippen LogP contribution >= 0.6 is 24.0 Å². The van der Waals surface area contributed by atoms with Gasteiger partial charge in [0, 0.05) is 17.8 Å². The number of thiophene rings is 1. The highest BCUT2D eigenvalue weighted by Gasteiger charge is 2.32. The third-order valence-corrected chi connectivity index (χ3v) is 4.48. The molecule has 1 amide bonds. The van der Waals surface area contributed by atoms with Gasteiger partial charge in [-0.2, -0.15) is 12.6 Å². The van der Waals surface area contributed by atoms with E-state index in [4.69, 9.17) is 0 Å². The molecule has 15 heavy (non-hydrogen) atoms. The average Bonchev–Trinajstić information content (AvgIpc) is 2.85. The molecule has 4 heteroatoms. The first-order valence-corrected chi connectivity index (χ1v) is 6.67. The topological polar surface area (TPSA) is 20.3 Å². The molecule has 1 saturated heterocycles. The van der Waals surface area contributed by atoms with Gasteiger partial charge in [0.1, 0.15) is 0 Å². The molecule has 1 aromatic heterocycles. The van der Waals surface area contributed by atoms with E-state index in [0.29, 0.717) is 12.3 Å². The van der Waals surface area contributed by atoms with E-state index in [-0.39, 0.29) is 11.9 Å². The highest BCUT2D eigenvalue weighted by molar-refractivity contribution is 7.80. The first-order valence-electron chi connectivity index (χ1n) is 5.16. The molecule has 2 rings (SSSR count). The summed E-state index contributed by atoms with van der Waals surface area (Å²) in [4.78, 5) is 15.0. The van der Waals surface area contributed by atoms with Crippen LogP contribution in [0.2, 0.25) is 0 Å². The maximum Gasteiger partial charge on any atom is 0.223 e. The second-order valence-corrected chi connectivity index (χ2v) is 5.33. The predicted octanol–water partition coefficient (Wildman–Crippen LogP) is 2.59. The van der Waals surface area contributed by atoms with Crippen LogP contribution in [-0.4, -0.2) is 23.1 Å². The zero-order chi connectivity index (χ0) is 10.8. The normalized spacial score (nSPS) is 23.5. The molecule has 1 aliphatic heterocycles. The molecule has 1 aromatic rings. The fourth-order valence-electron chi connectivity index (χ4n) is 1.99. The molecule has 0 aromatic carbocycles. The van der Waals surface area contributed by atoms with Gasteiger partial charge in [-0.05, 0) is 30.0 Å². The summed E-state index contributed by atoms with van der Waals surface area (Å²) in [5.41, 5.74) is 0. The Kier molecular flexibility index (Phi) is 3.36. The van der Waals surface area contributed by atoms with E-state index in [1.165, 1.54) is 4.88 Å². The number of thiol groups is 1. The highest BCUT2D eigenvalue weighted by atomic mass is 32.1. The van der Waals surface area contributed by atoms with Crippen LogP contribution in [0.15, 0.2) is 17.5 Å². The van der Waals surface area contributed by atoms with Crippen LogP contribution in [0.4, 0.5) is 0 Å². The summed E-state index contributed by atoms with van der Waals surface area (Å²) in [6, 6.07) is 4.35. The van der Waals surface area contributed by atoms with Crippen LogP contribution in [0.3, 0.4) is 0 Å². The van der Waals surface area contributed by atoms with Gasteiger partial charge in [0.25, 0.3) is 0 Å². The zero-order valence-corrected chi connectivity index (χ0v) is 10.4. The van der Waals surface area contributed by atoms with Gasteiger partial charge in [0.15, 0.2) is 0 Å². The average molecular weight is 241 g/mol. The Morgan fingerprint density at radius 2 is 2.53 bits per heavy atom. The number of hydrogen-bond donors (Lipinski definition) is 1. The van der Waals surface area contributed by atoms with Gasteiger partial charge in [-0.3, -0.25) is 4.79 Å². The lowest BCUT2D eigenvalue weighted by molar-refractivity contribution is -0.129. The molecule has 1 aliphatic rings. The van der Waals surface area contributed by atoms with Crippen molar-refractivity contribution < 1.29 is 4.79 Å². The van der Waals surface area contributed by atoms with Crippen molar-refractivity contribution in [3.8, 4) is 0 Å². The van der Waals surface area contributed by atoms with E-state index in [9.17, 15) is 4.79 Å². The van der Waals surface area contributed by atoms with Crippen LogP contribution in [0.5, 0.6) is 0 Å². The summed E-state index contributed by atoms with van der Waals surface area (Å²) < 4.78 is 0. The van der Waals surface area contributed by atoms with Crippen molar-refractivity contribution in [1.82, 2.24) is 4.90 Å².